The number of hydrogen-bond acceptors (Lipinski definition) is 7. The predicted octanol–water partition coefficient (Wildman–Crippen LogP) is 3.71. The smallest absolute Gasteiger partial charge is 0.270 e. The van der Waals surface area contributed by atoms with E-state index in [1.807, 2.05) is 30.3 Å². The number of piperazine rings is 1. The lowest BCUT2D eigenvalue weighted by atomic mass is 9.98. The zero-order valence-electron chi connectivity index (χ0n) is 18.9. The minimum atomic E-state index is -0.440. The SMILES string of the molecule is CC(=O)c1c(CCN2CCN(C)CC2)nc(-c2ccccc2)nc1-c1cccc([N+](=O)[O-])c1. The molecule has 8 nitrogen and oxygen atoms in total. The van der Waals surface area contributed by atoms with E-state index in [1.165, 1.54) is 19.1 Å². The van der Waals surface area contributed by atoms with Crippen molar-refractivity contribution in [3.05, 3.63) is 76.0 Å². The number of benzene rings is 2. The largest absolute Gasteiger partial charge is 0.304 e. The van der Waals surface area contributed by atoms with Gasteiger partial charge in [-0.2, -0.15) is 0 Å². The molecule has 0 atom stereocenters. The Bertz CT molecular complexity index is 1160. The van der Waals surface area contributed by atoms with E-state index >= 15 is 0 Å². The van der Waals surface area contributed by atoms with E-state index in [0.717, 1.165) is 38.3 Å². The van der Waals surface area contributed by atoms with Gasteiger partial charge in [-0.05, 0) is 14.0 Å². The summed E-state index contributed by atoms with van der Waals surface area (Å²) in [6.45, 7) is 6.25. The molecule has 0 amide bonds. The van der Waals surface area contributed by atoms with E-state index < -0.39 is 4.92 Å². The number of Topliss-reactive ketones (excluding diaryl/α,β-unsaturated/α-hetero) is 1. The van der Waals surface area contributed by atoms with Crippen LogP contribution in [0.1, 0.15) is 23.0 Å². The highest BCUT2D eigenvalue weighted by Crippen LogP contribution is 2.30. The Labute approximate surface area is 193 Å². The van der Waals surface area contributed by atoms with Gasteiger partial charge in [0.15, 0.2) is 11.6 Å². The number of ketones is 1. The van der Waals surface area contributed by atoms with Crippen molar-refractivity contribution in [3.63, 3.8) is 0 Å². The van der Waals surface area contributed by atoms with Gasteiger partial charge in [0.05, 0.1) is 21.9 Å². The first-order chi connectivity index (χ1) is 15.9. The minimum Gasteiger partial charge on any atom is -0.304 e. The van der Waals surface area contributed by atoms with Crippen molar-refractivity contribution in [1.29, 1.82) is 0 Å². The predicted molar refractivity (Wildman–Crippen MR) is 127 cm³/mol. The van der Waals surface area contributed by atoms with Crippen molar-refractivity contribution in [2.24, 2.45) is 0 Å². The maximum absolute atomic E-state index is 12.8. The number of likely N-dealkylation sites (N-methyl/N-ethyl adjacent to an activating group) is 1. The zero-order valence-corrected chi connectivity index (χ0v) is 18.9. The maximum Gasteiger partial charge on any atom is 0.270 e. The molecule has 0 unspecified atom stereocenters. The van der Waals surface area contributed by atoms with Gasteiger partial charge in [-0.3, -0.25) is 14.9 Å². The summed E-state index contributed by atoms with van der Waals surface area (Å²) in [6, 6.07) is 15.9. The molecule has 1 fully saturated rings. The van der Waals surface area contributed by atoms with Gasteiger partial charge in [-0.15, -0.1) is 0 Å². The van der Waals surface area contributed by atoms with Crippen molar-refractivity contribution < 1.29 is 9.72 Å². The normalized spacial score (nSPS) is 14.8. The van der Waals surface area contributed by atoms with Crippen LogP contribution in [-0.2, 0) is 6.42 Å². The van der Waals surface area contributed by atoms with Crippen LogP contribution >= 0.6 is 0 Å². The summed E-state index contributed by atoms with van der Waals surface area (Å²) in [4.78, 5) is 37.9. The molecule has 33 heavy (non-hydrogen) atoms. The maximum atomic E-state index is 12.8. The van der Waals surface area contributed by atoms with Crippen LogP contribution in [0.15, 0.2) is 54.6 Å². The fourth-order valence-electron chi connectivity index (χ4n) is 4.09. The molecular weight excluding hydrogens is 418 g/mol. The van der Waals surface area contributed by atoms with Gasteiger partial charge in [0.25, 0.3) is 5.69 Å². The summed E-state index contributed by atoms with van der Waals surface area (Å²) in [7, 11) is 2.12. The monoisotopic (exact) mass is 445 g/mol. The molecule has 8 heteroatoms. The van der Waals surface area contributed by atoms with Gasteiger partial charge >= 0.3 is 0 Å². The number of nitrogens with zero attached hydrogens (tertiary/aromatic N) is 5. The van der Waals surface area contributed by atoms with Crippen molar-refractivity contribution in [2.45, 2.75) is 13.3 Å². The Kier molecular flexibility index (Phi) is 6.86. The highest BCUT2D eigenvalue weighted by molar-refractivity contribution is 6.01. The Morgan fingerprint density at radius 3 is 2.36 bits per heavy atom. The quantitative estimate of drug-likeness (QED) is 0.311. The average molecular weight is 446 g/mol. The third-order valence-corrected chi connectivity index (χ3v) is 5.96. The molecule has 170 valence electrons. The molecule has 4 rings (SSSR count). The highest BCUT2D eigenvalue weighted by atomic mass is 16.6. The Balaban J connectivity index is 1.80. The number of nitro groups is 1. The molecule has 1 aliphatic heterocycles. The molecule has 1 saturated heterocycles. The lowest BCUT2D eigenvalue weighted by Crippen LogP contribution is -2.45. The van der Waals surface area contributed by atoms with Gasteiger partial charge < -0.3 is 9.80 Å². The lowest BCUT2D eigenvalue weighted by Gasteiger charge is -2.32. The molecule has 3 aromatic rings. The minimum absolute atomic E-state index is 0.0409. The Morgan fingerprint density at radius 1 is 1.00 bits per heavy atom. The number of hydrogen-bond donors (Lipinski definition) is 0. The fraction of sp³-hybridized carbons (Fsp3) is 0.320. The summed E-state index contributed by atoms with van der Waals surface area (Å²) < 4.78 is 0. The molecular formula is C25H27N5O3. The summed E-state index contributed by atoms with van der Waals surface area (Å²) in [5, 5.41) is 11.4. The van der Waals surface area contributed by atoms with Crippen molar-refractivity contribution in [1.82, 2.24) is 19.8 Å². The van der Waals surface area contributed by atoms with Crippen LogP contribution < -0.4 is 0 Å². The molecule has 0 saturated carbocycles. The first-order valence-electron chi connectivity index (χ1n) is 11.1. The van der Waals surface area contributed by atoms with E-state index in [2.05, 4.69) is 16.8 Å². The van der Waals surface area contributed by atoms with Gasteiger partial charge in [0.1, 0.15) is 0 Å². The number of nitro benzene ring substituents is 1. The van der Waals surface area contributed by atoms with E-state index in [9.17, 15) is 14.9 Å². The molecule has 0 spiro atoms. The third-order valence-electron chi connectivity index (χ3n) is 5.96. The van der Waals surface area contributed by atoms with Crippen LogP contribution in [0.4, 0.5) is 5.69 Å². The first-order valence-corrected chi connectivity index (χ1v) is 11.1. The molecule has 0 radical (unpaired) electrons. The Hall–Kier alpha value is -3.49. The zero-order chi connectivity index (χ0) is 23.4. The summed E-state index contributed by atoms with van der Waals surface area (Å²) >= 11 is 0. The number of aromatic nitrogens is 2. The van der Waals surface area contributed by atoms with Crippen molar-refractivity contribution >= 4 is 11.5 Å². The highest BCUT2D eigenvalue weighted by Gasteiger charge is 2.22. The van der Waals surface area contributed by atoms with E-state index in [4.69, 9.17) is 9.97 Å². The number of non-ortho nitro benzene ring substituents is 1. The standard InChI is InChI=1S/C25H27N5O3/c1-18(31)23-22(11-12-29-15-13-28(2)14-16-29)26-25(19-7-4-3-5-8-19)27-24(23)20-9-6-10-21(17-20)30(32)33/h3-10,17H,11-16H2,1-2H3. The van der Waals surface area contributed by atoms with Gasteiger partial charge in [0, 0.05) is 62.4 Å². The Morgan fingerprint density at radius 2 is 1.70 bits per heavy atom. The molecule has 1 aliphatic rings. The topological polar surface area (TPSA) is 92.5 Å². The molecule has 0 N–H and O–H groups in total. The first kappa shape index (κ1) is 22.7. The third kappa shape index (κ3) is 5.30. The second-order valence-corrected chi connectivity index (χ2v) is 8.34. The van der Waals surface area contributed by atoms with Gasteiger partial charge in [-0.25, -0.2) is 9.97 Å². The summed E-state index contributed by atoms with van der Waals surface area (Å²) in [5.74, 6) is 0.361. The van der Waals surface area contributed by atoms with Crippen LogP contribution in [0.2, 0.25) is 0 Å². The van der Waals surface area contributed by atoms with E-state index in [-0.39, 0.29) is 11.5 Å². The van der Waals surface area contributed by atoms with Crippen molar-refractivity contribution in [2.75, 3.05) is 39.8 Å². The second kappa shape index (κ2) is 9.97. The lowest BCUT2D eigenvalue weighted by molar-refractivity contribution is -0.384. The molecule has 1 aromatic heterocycles. The van der Waals surface area contributed by atoms with Crippen LogP contribution in [0.25, 0.3) is 22.6 Å². The van der Waals surface area contributed by atoms with Crippen LogP contribution in [0.5, 0.6) is 0 Å². The van der Waals surface area contributed by atoms with Crippen LogP contribution in [-0.4, -0.2) is 70.2 Å². The summed E-state index contributed by atoms with van der Waals surface area (Å²) in [6.07, 6.45) is 0.600. The van der Waals surface area contributed by atoms with Crippen molar-refractivity contribution in [3.8, 4) is 22.6 Å². The molecule has 0 bridgehead atoms. The number of carbonyl (C=O) groups is 1. The molecule has 0 aliphatic carbocycles. The van der Waals surface area contributed by atoms with Gasteiger partial charge in [-0.1, -0.05) is 42.5 Å². The fourth-order valence-corrected chi connectivity index (χ4v) is 4.09. The van der Waals surface area contributed by atoms with E-state index in [0.29, 0.717) is 34.8 Å². The average Bonchev–Trinajstić information content (AvgIpc) is 2.83. The molecule has 2 heterocycles. The van der Waals surface area contributed by atoms with E-state index in [1.54, 1.807) is 12.1 Å². The van der Waals surface area contributed by atoms with Crippen LogP contribution in [0.3, 0.4) is 0 Å². The van der Waals surface area contributed by atoms with Gasteiger partial charge in [0.2, 0.25) is 0 Å². The number of carbonyl (C=O) groups excluding carboxylic acids is 1. The molecule has 2 aromatic carbocycles. The van der Waals surface area contributed by atoms with Crippen LogP contribution in [0, 0.1) is 10.1 Å². The second-order valence-electron chi connectivity index (χ2n) is 8.34. The number of rotatable bonds is 7. The summed E-state index contributed by atoms with van der Waals surface area (Å²) in [5.41, 5.74) is 2.88.